The van der Waals surface area contributed by atoms with Gasteiger partial charge in [-0.15, -0.1) is 11.3 Å². The molecule has 0 aliphatic heterocycles. The molecule has 112 valence electrons. The van der Waals surface area contributed by atoms with E-state index in [1.54, 1.807) is 17.4 Å². The van der Waals surface area contributed by atoms with Gasteiger partial charge in [0.15, 0.2) is 0 Å². The maximum Gasteiger partial charge on any atom is 0.340 e. The zero-order valence-electron chi connectivity index (χ0n) is 12.1. The second-order valence-electron chi connectivity index (χ2n) is 4.63. The van der Waals surface area contributed by atoms with Gasteiger partial charge in [0.25, 0.3) is 0 Å². The van der Waals surface area contributed by atoms with E-state index < -0.39 is 11.8 Å². The molecule has 21 heavy (non-hydrogen) atoms. The Labute approximate surface area is 127 Å². The highest BCUT2D eigenvalue weighted by atomic mass is 32.1. The van der Waals surface area contributed by atoms with Crippen molar-refractivity contribution >= 4 is 17.3 Å². The summed E-state index contributed by atoms with van der Waals surface area (Å²) in [5, 5.41) is 3.27. The van der Waals surface area contributed by atoms with Gasteiger partial charge in [-0.3, -0.25) is 0 Å². The molecule has 1 N–H and O–H groups in total. The molecule has 0 aliphatic carbocycles. The van der Waals surface area contributed by atoms with Gasteiger partial charge in [0, 0.05) is 22.8 Å². The van der Waals surface area contributed by atoms with Crippen molar-refractivity contribution in [3.63, 3.8) is 0 Å². The Balaban J connectivity index is 1.91. The third kappa shape index (κ3) is 4.12. The minimum Gasteiger partial charge on any atom is -0.465 e. The van der Waals surface area contributed by atoms with Crippen LogP contribution in [0, 0.1) is 5.82 Å². The summed E-state index contributed by atoms with van der Waals surface area (Å²) in [6.45, 7) is 3.44. The van der Waals surface area contributed by atoms with Crippen LogP contribution < -0.4 is 5.32 Å². The van der Waals surface area contributed by atoms with E-state index >= 15 is 0 Å². The average molecular weight is 307 g/mol. The van der Waals surface area contributed by atoms with E-state index in [9.17, 15) is 9.18 Å². The van der Waals surface area contributed by atoms with Gasteiger partial charge in [0.1, 0.15) is 5.82 Å². The highest BCUT2D eigenvalue weighted by Gasteiger charge is 2.12. The molecule has 1 heterocycles. The highest BCUT2D eigenvalue weighted by molar-refractivity contribution is 7.11. The van der Waals surface area contributed by atoms with E-state index in [1.807, 2.05) is 0 Å². The molecule has 0 unspecified atom stereocenters. The Morgan fingerprint density at radius 1 is 1.24 bits per heavy atom. The van der Waals surface area contributed by atoms with E-state index in [4.69, 9.17) is 0 Å². The lowest BCUT2D eigenvalue weighted by Gasteiger charge is -2.06. The summed E-state index contributed by atoms with van der Waals surface area (Å²) in [5.74, 6) is -1.21. The van der Waals surface area contributed by atoms with Crippen molar-refractivity contribution in [2.75, 3.05) is 7.11 Å². The zero-order valence-corrected chi connectivity index (χ0v) is 12.9. The lowest BCUT2D eigenvalue weighted by Crippen LogP contribution is -2.12. The van der Waals surface area contributed by atoms with Gasteiger partial charge in [0.05, 0.1) is 12.7 Å². The number of ether oxygens (including phenoxy) is 1. The number of thiophene rings is 1. The third-order valence-electron chi connectivity index (χ3n) is 3.13. The van der Waals surface area contributed by atoms with Gasteiger partial charge >= 0.3 is 5.97 Å². The fourth-order valence-electron chi connectivity index (χ4n) is 1.98. The summed E-state index contributed by atoms with van der Waals surface area (Å²) in [6.07, 6.45) is 1.05. The van der Waals surface area contributed by atoms with Crippen LogP contribution in [0.3, 0.4) is 0 Å². The molecule has 0 saturated heterocycles. The molecule has 0 amide bonds. The second-order valence-corrected chi connectivity index (χ2v) is 5.88. The van der Waals surface area contributed by atoms with Crippen molar-refractivity contribution in [1.82, 2.24) is 5.32 Å². The van der Waals surface area contributed by atoms with Crippen LogP contribution in [0.1, 0.15) is 32.6 Å². The first-order valence-corrected chi connectivity index (χ1v) is 7.60. The van der Waals surface area contributed by atoms with Gasteiger partial charge in [-0.1, -0.05) is 13.0 Å². The van der Waals surface area contributed by atoms with Crippen molar-refractivity contribution in [3.05, 3.63) is 57.0 Å². The maximum atomic E-state index is 13.8. The smallest absolute Gasteiger partial charge is 0.340 e. The molecule has 0 atom stereocenters. The molecule has 0 bridgehead atoms. The summed E-state index contributed by atoms with van der Waals surface area (Å²) < 4.78 is 18.3. The molecule has 2 rings (SSSR count). The number of nitrogens with one attached hydrogen (secondary N) is 1. The fourth-order valence-corrected chi connectivity index (χ4v) is 2.91. The van der Waals surface area contributed by atoms with Crippen molar-refractivity contribution in [2.45, 2.75) is 26.4 Å². The van der Waals surface area contributed by atoms with Gasteiger partial charge in [0.2, 0.25) is 0 Å². The topological polar surface area (TPSA) is 38.3 Å². The van der Waals surface area contributed by atoms with Crippen LogP contribution in [0.5, 0.6) is 0 Å². The Bertz CT molecular complexity index is 624. The SMILES string of the molecule is CCc1ccc(CNCc2ccc(C(=O)OC)c(F)c2)s1. The van der Waals surface area contributed by atoms with Crippen LogP contribution >= 0.6 is 11.3 Å². The number of rotatable bonds is 6. The number of hydrogen-bond acceptors (Lipinski definition) is 4. The first-order valence-electron chi connectivity index (χ1n) is 6.79. The number of carbonyl (C=O) groups excluding carboxylic acids is 1. The number of halogens is 1. The van der Waals surface area contributed by atoms with E-state index in [2.05, 4.69) is 29.1 Å². The zero-order chi connectivity index (χ0) is 15.2. The highest BCUT2D eigenvalue weighted by Crippen LogP contribution is 2.17. The number of esters is 1. The standard InChI is InChI=1S/C16H18FNO2S/c1-3-12-5-6-13(21-12)10-18-9-11-4-7-14(15(17)8-11)16(19)20-2/h4-8,18H,3,9-10H2,1-2H3. The first kappa shape index (κ1) is 15.7. The Hall–Kier alpha value is -1.72. The molecule has 2 aromatic rings. The first-order chi connectivity index (χ1) is 10.1. The lowest BCUT2D eigenvalue weighted by molar-refractivity contribution is 0.0595. The molecule has 0 saturated carbocycles. The van der Waals surface area contributed by atoms with Crippen LogP contribution in [0.2, 0.25) is 0 Å². The number of methoxy groups -OCH3 is 1. The maximum absolute atomic E-state index is 13.8. The van der Waals surface area contributed by atoms with Crippen molar-refractivity contribution in [3.8, 4) is 0 Å². The minimum absolute atomic E-state index is 0.0351. The Morgan fingerprint density at radius 3 is 2.62 bits per heavy atom. The van der Waals surface area contributed by atoms with Crippen molar-refractivity contribution in [1.29, 1.82) is 0 Å². The van der Waals surface area contributed by atoms with Gasteiger partial charge in [-0.2, -0.15) is 0 Å². The van der Waals surface area contributed by atoms with E-state index in [0.29, 0.717) is 6.54 Å². The normalized spacial score (nSPS) is 10.6. The summed E-state index contributed by atoms with van der Waals surface area (Å²) in [5.41, 5.74) is 0.763. The Kier molecular flexibility index (Phi) is 5.47. The van der Waals surface area contributed by atoms with Gasteiger partial charge < -0.3 is 10.1 Å². The van der Waals surface area contributed by atoms with Crippen molar-refractivity contribution < 1.29 is 13.9 Å². The van der Waals surface area contributed by atoms with Crippen LogP contribution in [0.15, 0.2) is 30.3 Å². The number of carbonyl (C=O) groups is 1. The number of aryl methyl sites for hydroxylation is 1. The quantitative estimate of drug-likeness (QED) is 0.830. The van der Waals surface area contributed by atoms with Crippen LogP contribution in [-0.4, -0.2) is 13.1 Å². The van der Waals surface area contributed by atoms with Gasteiger partial charge in [-0.05, 0) is 36.2 Å². The average Bonchev–Trinajstić information content (AvgIpc) is 2.94. The summed E-state index contributed by atoms with van der Waals surface area (Å²) >= 11 is 1.78. The second kappa shape index (κ2) is 7.33. The van der Waals surface area contributed by atoms with Crippen LogP contribution in [0.4, 0.5) is 4.39 Å². The van der Waals surface area contributed by atoms with Gasteiger partial charge in [-0.25, -0.2) is 9.18 Å². The Morgan fingerprint density at radius 2 is 2.00 bits per heavy atom. The monoisotopic (exact) mass is 307 g/mol. The lowest BCUT2D eigenvalue weighted by atomic mass is 10.1. The largest absolute Gasteiger partial charge is 0.465 e. The summed E-state index contributed by atoms with van der Waals surface area (Å²) in [4.78, 5) is 13.9. The molecule has 0 radical (unpaired) electrons. The molecule has 3 nitrogen and oxygen atoms in total. The van der Waals surface area contributed by atoms with Crippen molar-refractivity contribution in [2.24, 2.45) is 0 Å². The molecule has 0 aliphatic rings. The van der Waals surface area contributed by atoms with E-state index in [1.165, 1.54) is 29.0 Å². The number of benzene rings is 1. The summed E-state index contributed by atoms with van der Waals surface area (Å²) in [7, 11) is 1.24. The summed E-state index contributed by atoms with van der Waals surface area (Å²) in [6, 6.07) is 8.79. The molecule has 0 spiro atoms. The predicted octanol–water partition coefficient (Wildman–Crippen LogP) is 3.53. The third-order valence-corrected chi connectivity index (χ3v) is 4.36. The molecular weight excluding hydrogens is 289 g/mol. The molecule has 1 aromatic carbocycles. The minimum atomic E-state index is -0.655. The predicted molar refractivity (Wildman–Crippen MR) is 82.0 cm³/mol. The van der Waals surface area contributed by atoms with Crippen LogP contribution in [-0.2, 0) is 24.2 Å². The molecule has 1 aromatic heterocycles. The molecule has 0 fully saturated rings. The molecule has 5 heteroatoms. The molecular formula is C16H18FNO2S. The van der Waals surface area contributed by atoms with E-state index in [-0.39, 0.29) is 5.56 Å². The van der Waals surface area contributed by atoms with E-state index in [0.717, 1.165) is 18.5 Å². The van der Waals surface area contributed by atoms with Crippen LogP contribution in [0.25, 0.3) is 0 Å². The fraction of sp³-hybridized carbons (Fsp3) is 0.312. The number of hydrogen-bond donors (Lipinski definition) is 1.